The quantitative estimate of drug-likeness (QED) is 0.885. The van der Waals surface area contributed by atoms with Gasteiger partial charge in [0.25, 0.3) is 0 Å². The van der Waals surface area contributed by atoms with E-state index in [-0.39, 0.29) is 11.4 Å². The number of rotatable bonds is 5. The number of hydrogen-bond donors (Lipinski definition) is 1. The topological polar surface area (TPSA) is 21.3 Å². The first-order valence-electron chi connectivity index (χ1n) is 7.14. The summed E-state index contributed by atoms with van der Waals surface area (Å²) < 4.78 is 18.7. The Bertz CT molecular complexity index is 590. The summed E-state index contributed by atoms with van der Waals surface area (Å²) in [6.45, 7) is 7.68. The second-order valence-electron chi connectivity index (χ2n) is 6.17. The molecule has 21 heavy (non-hydrogen) atoms. The molecule has 0 saturated heterocycles. The van der Waals surface area contributed by atoms with Crippen molar-refractivity contribution in [1.82, 2.24) is 5.32 Å². The summed E-state index contributed by atoms with van der Waals surface area (Å²) >= 11 is 0. The molecule has 112 valence electrons. The van der Waals surface area contributed by atoms with E-state index in [2.05, 4.69) is 38.2 Å². The molecule has 3 heteroatoms. The Morgan fingerprint density at radius 1 is 1.00 bits per heavy atom. The van der Waals surface area contributed by atoms with E-state index in [9.17, 15) is 4.39 Å². The van der Waals surface area contributed by atoms with Crippen LogP contribution in [0.5, 0.6) is 5.75 Å². The molecular formula is C18H22FNO. The van der Waals surface area contributed by atoms with E-state index < -0.39 is 0 Å². The zero-order chi connectivity index (χ0) is 15.3. The summed E-state index contributed by atoms with van der Waals surface area (Å²) in [7, 11) is 0. The van der Waals surface area contributed by atoms with Crippen molar-refractivity contribution in [3.8, 4) is 5.75 Å². The predicted octanol–water partition coefficient (Wildman–Crippen LogP) is 4.29. The first-order valence-corrected chi connectivity index (χ1v) is 7.14. The zero-order valence-electron chi connectivity index (χ0n) is 12.8. The van der Waals surface area contributed by atoms with Gasteiger partial charge in [-0.1, -0.05) is 30.3 Å². The SMILES string of the molecule is CC(C)(C)NCc1cccc(COc2cccc(F)c2)c1. The van der Waals surface area contributed by atoms with Crippen molar-refractivity contribution in [3.05, 3.63) is 65.5 Å². The van der Waals surface area contributed by atoms with Crippen molar-refractivity contribution in [1.29, 1.82) is 0 Å². The third-order valence-corrected chi connectivity index (χ3v) is 3.02. The Labute approximate surface area is 126 Å². The van der Waals surface area contributed by atoms with E-state index >= 15 is 0 Å². The molecule has 0 aliphatic rings. The Kier molecular flexibility index (Phi) is 4.97. The van der Waals surface area contributed by atoms with Gasteiger partial charge < -0.3 is 10.1 Å². The summed E-state index contributed by atoms with van der Waals surface area (Å²) in [6, 6.07) is 14.4. The fraction of sp³-hybridized carbons (Fsp3) is 0.333. The van der Waals surface area contributed by atoms with Crippen LogP contribution >= 0.6 is 0 Å². The molecule has 2 rings (SSSR count). The molecule has 0 amide bonds. The first kappa shape index (κ1) is 15.5. The van der Waals surface area contributed by atoms with Crippen LogP contribution in [0.25, 0.3) is 0 Å². The number of halogens is 1. The molecule has 0 fully saturated rings. The maximum absolute atomic E-state index is 13.1. The van der Waals surface area contributed by atoms with E-state index in [1.54, 1.807) is 12.1 Å². The molecule has 0 aliphatic heterocycles. The van der Waals surface area contributed by atoms with Gasteiger partial charge in [0.2, 0.25) is 0 Å². The predicted molar refractivity (Wildman–Crippen MR) is 83.8 cm³/mol. The van der Waals surface area contributed by atoms with Crippen LogP contribution in [0.1, 0.15) is 31.9 Å². The maximum Gasteiger partial charge on any atom is 0.126 e. The van der Waals surface area contributed by atoms with E-state index in [0.29, 0.717) is 12.4 Å². The number of ether oxygens (including phenoxy) is 1. The molecule has 2 nitrogen and oxygen atoms in total. The molecule has 0 bridgehead atoms. The van der Waals surface area contributed by atoms with Gasteiger partial charge in [-0.25, -0.2) is 4.39 Å². The maximum atomic E-state index is 13.1. The highest BCUT2D eigenvalue weighted by Crippen LogP contribution is 2.15. The van der Waals surface area contributed by atoms with Crippen molar-refractivity contribution in [2.24, 2.45) is 0 Å². The molecule has 1 N–H and O–H groups in total. The van der Waals surface area contributed by atoms with E-state index in [1.807, 2.05) is 12.1 Å². The van der Waals surface area contributed by atoms with Crippen LogP contribution < -0.4 is 10.1 Å². The third-order valence-electron chi connectivity index (χ3n) is 3.02. The molecule has 0 unspecified atom stereocenters. The third kappa shape index (κ3) is 5.56. The highest BCUT2D eigenvalue weighted by molar-refractivity contribution is 5.26. The molecular weight excluding hydrogens is 265 g/mol. The summed E-state index contributed by atoms with van der Waals surface area (Å²) in [5.74, 6) is 0.267. The lowest BCUT2D eigenvalue weighted by molar-refractivity contribution is 0.304. The Morgan fingerprint density at radius 2 is 1.71 bits per heavy atom. The molecule has 0 aromatic heterocycles. The minimum absolute atomic E-state index is 0.0913. The van der Waals surface area contributed by atoms with Gasteiger partial charge in [0.1, 0.15) is 18.2 Å². The molecule has 0 radical (unpaired) electrons. The van der Waals surface area contributed by atoms with Crippen LogP contribution in [0.3, 0.4) is 0 Å². The van der Waals surface area contributed by atoms with Crippen molar-refractivity contribution in [2.75, 3.05) is 0 Å². The molecule has 0 aliphatic carbocycles. The van der Waals surface area contributed by atoms with Gasteiger partial charge in [0, 0.05) is 18.2 Å². The first-order chi connectivity index (χ1) is 9.92. The monoisotopic (exact) mass is 287 g/mol. The minimum atomic E-state index is -0.282. The van der Waals surface area contributed by atoms with Crippen molar-refractivity contribution < 1.29 is 9.13 Å². The Morgan fingerprint density at radius 3 is 2.43 bits per heavy atom. The lowest BCUT2D eigenvalue weighted by Gasteiger charge is -2.20. The fourth-order valence-corrected chi connectivity index (χ4v) is 1.92. The summed E-state index contributed by atoms with van der Waals surface area (Å²) in [5.41, 5.74) is 2.38. The molecule has 0 spiro atoms. The smallest absolute Gasteiger partial charge is 0.126 e. The van der Waals surface area contributed by atoms with Crippen LogP contribution in [-0.2, 0) is 13.2 Å². The number of benzene rings is 2. The lowest BCUT2D eigenvalue weighted by Crippen LogP contribution is -2.35. The standard InChI is InChI=1S/C18H22FNO/c1-18(2,3)20-12-14-6-4-7-15(10-14)13-21-17-9-5-8-16(19)11-17/h4-11,20H,12-13H2,1-3H3. The minimum Gasteiger partial charge on any atom is -0.489 e. The molecule has 2 aromatic carbocycles. The highest BCUT2D eigenvalue weighted by Gasteiger charge is 2.08. The van der Waals surface area contributed by atoms with Gasteiger partial charge in [-0.3, -0.25) is 0 Å². The number of nitrogens with one attached hydrogen (secondary N) is 1. The van der Waals surface area contributed by atoms with Crippen molar-refractivity contribution >= 4 is 0 Å². The van der Waals surface area contributed by atoms with Gasteiger partial charge in [-0.2, -0.15) is 0 Å². The second-order valence-corrected chi connectivity index (χ2v) is 6.17. The normalized spacial score (nSPS) is 11.4. The highest BCUT2D eigenvalue weighted by atomic mass is 19.1. The number of hydrogen-bond acceptors (Lipinski definition) is 2. The lowest BCUT2D eigenvalue weighted by atomic mass is 10.1. The van der Waals surface area contributed by atoms with Gasteiger partial charge >= 0.3 is 0 Å². The summed E-state index contributed by atoms with van der Waals surface area (Å²) in [5, 5.41) is 3.46. The van der Waals surface area contributed by atoms with Crippen LogP contribution in [-0.4, -0.2) is 5.54 Å². The van der Waals surface area contributed by atoms with Crippen molar-refractivity contribution in [2.45, 2.75) is 39.5 Å². The molecule has 2 aromatic rings. The average Bonchev–Trinajstić information content (AvgIpc) is 2.43. The largest absolute Gasteiger partial charge is 0.489 e. The second kappa shape index (κ2) is 6.72. The van der Waals surface area contributed by atoms with Crippen LogP contribution in [0, 0.1) is 5.82 Å². The molecule has 0 heterocycles. The van der Waals surface area contributed by atoms with Crippen LogP contribution in [0.2, 0.25) is 0 Å². The van der Waals surface area contributed by atoms with Gasteiger partial charge in [0.15, 0.2) is 0 Å². The van der Waals surface area contributed by atoms with E-state index in [4.69, 9.17) is 4.74 Å². The fourth-order valence-electron chi connectivity index (χ4n) is 1.92. The van der Waals surface area contributed by atoms with Crippen LogP contribution in [0.4, 0.5) is 4.39 Å². The zero-order valence-corrected chi connectivity index (χ0v) is 12.8. The molecule has 0 saturated carbocycles. The van der Waals surface area contributed by atoms with E-state index in [0.717, 1.165) is 12.1 Å². The Balaban J connectivity index is 1.95. The van der Waals surface area contributed by atoms with Gasteiger partial charge in [0.05, 0.1) is 0 Å². The van der Waals surface area contributed by atoms with E-state index in [1.165, 1.54) is 17.7 Å². The summed E-state index contributed by atoms with van der Waals surface area (Å²) in [4.78, 5) is 0. The van der Waals surface area contributed by atoms with Gasteiger partial charge in [-0.05, 0) is 44.0 Å². The van der Waals surface area contributed by atoms with Crippen LogP contribution in [0.15, 0.2) is 48.5 Å². The average molecular weight is 287 g/mol. The summed E-state index contributed by atoms with van der Waals surface area (Å²) in [6.07, 6.45) is 0. The van der Waals surface area contributed by atoms with Gasteiger partial charge in [-0.15, -0.1) is 0 Å². The molecule has 0 atom stereocenters. The van der Waals surface area contributed by atoms with Crippen molar-refractivity contribution in [3.63, 3.8) is 0 Å². The Hall–Kier alpha value is -1.87.